The predicted molar refractivity (Wildman–Crippen MR) is 92.4 cm³/mol. The summed E-state index contributed by atoms with van der Waals surface area (Å²) in [6.07, 6.45) is 4.95. The molecule has 1 aromatic rings. The third-order valence-corrected chi connectivity index (χ3v) is 4.81. The minimum absolute atomic E-state index is 0.00422. The van der Waals surface area contributed by atoms with E-state index in [1.165, 1.54) is 31.2 Å². The Kier molecular flexibility index (Phi) is 6.27. The van der Waals surface area contributed by atoms with Crippen LogP contribution < -0.4 is 5.32 Å². The van der Waals surface area contributed by atoms with Crippen LogP contribution in [0.15, 0.2) is 28.7 Å². The van der Waals surface area contributed by atoms with Gasteiger partial charge in [0.25, 0.3) is 0 Å². The van der Waals surface area contributed by atoms with E-state index in [1.807, 2.05) is 0 Å². The summed E-state index contributed by atoms with van der Waals surface area (Å²) in [5.41, 5.74) is 1.25. The molecule has 1 saturated carbocycles. The minimum Gasteiger partial charge on any atom is -0.369 e. The highest BCUT2D eigenvalue weighted by molar-refractivity contribution is 9.10. The minimum atomic E-state index is 0.00422. The van der Waals surface area contributed by atoms with E-state index in [1.54, 1.807) is 0 Å². The first-order chi connectivity index (χ1) is 9.99. The molecule has 1 aliphatic carbocycles. The molecule has 2 rings (SSSR count). The van der Waals surface area contributed by atoms with Gasteiger partial charge in [0.2, 0.25) is 0 Å². The number of hydrogen-bond donors (Lipinski definition) is 1. The van der Waals surface area contributed by atoms with E-state index >= 15 is 0 Å². The van der Waals surface area contributed by atoms with Crippen LogP contribution in [0.1, 0.15) is 52.0 Å². The number of hydrogen-bond acceptors (Lipinski definition) is 2. The Morgan fingerprint density at radius 3 is 2.90 bits per heavy atom. The molecule has 0 aliphatic heterocycles. The molecule has 1 aliphatic rings. The second-order valence-electron chi connectivity index (χ2n) is 6.84. The molecule has 1 N–H and O–H groups in total. The van der Waals surface area contributed by atoms with E-state index in [0.717, 1.165) is 16.9 Å². The maximum Gasteiger partial charge on any atom is 0.0813 e. The van der Waals surface area contributed by atoms with Crippen LogP contribution in [0, 0.1) is 5.92 Å². The number of rotatable bonds is 6. The molecule has 0 aromatic heterocycles. The number of nitrogens with one attached hydrogen (secondary N) is 1. The van der Waals surface area contributed by atoms with Gasteiger partial charge in [-0.2, -0.15) is 0 Å². The lowest BCUT2D eigenvalue weighted by Gasteiger charge is -2.40. The van der Waals surface area contributed by atoms with Crippen LogP contribution in [0.25, 0.3) is 0 Å². The van der Waals surface area contributed by atoms with E-state index < -0.39 is 0 Å². The van der Waals surface area contributed by atoms with Crippen molar-refractivity contribution in [2.45, 2.75) is 64.7 Å². The standard InChI is InChI=1S/C18H28BrNO/c1-14(2)20-13-18(9-5-6-15(3)11-18)21-12-16-7-4-8-17(19)10-16/h4,7-8,10,14-15,20H,5-6,9,11-13H2,1-3H3. The van der Waals surface area contributed by atoms with Gasteiger partial charge >= 0.3 is 0 Å². The number of ether oxygens (including phenoxy) is 1. The summed E-state index contributed by atoms with van der Waals surface area (Å²) >= 11 is 3.53. The Labute approximate surface area is 137 Å². The SMILES string of the molecule is CC1CCCC(CNC(C)C)(OCc2cccc(Br)c2)C1. The van der Waals surface area contributed by atoms with Crippen LogP contribution in [0.2, 0.25) is 0 Å². The lowest BCUT2D eigenvalue weighted by atomic mass is 9.78. The highest BCUT2D eigenvalue weighted by Gasteiger charge is 2.35. The quantitative estimate of drug-likeness (QED) is 0.784. The second kappa shape index (κ2) is 7.75. The molecule has 0 radical (unpaired) electrons. The Morgan fingerprint density at radius 2 is 2.24 bits per heavy atom. The van der Waals surface area contributed by atoms with E-state index in [4.69, 9.17) is 4.74 Å². The van der Waals surface area contributed by atoms with Crippen molar-refractivity contribution in [2.24, 2.45) is 5.92 Å². The number of benzene rings is 1. The van der Waals surface area contributed by atoms with E-state index in [2.05, 4.69) is 66.3 Å². The monoisotopic (exact) mass is 353 g/mol. The molecule has 3 heteroatoms. The van der Waals surface area contributed by atoms with Crippen LogP contribution in [-0.4, -0.2) is 18.2 Å². The lowest BCUT2D eigenvalue weighted by molar-refractivity contribution is -0.0898. The zero-order valence-electron chi connectivity index (χ0n) is 13.5. The van der Waals surface area contributed by atoms with Crippen LogP contribution in [0.4, 0.5) is 0 Å². The number of halogens is 1. The van der Waals surface area contributed by atoms with Crippen LogP contribution in [0.3, 0.4) is 0 Å². The molecule has 2 nitrogen and oxygen atoms in total. The fourth-order valence-electron chi connectivity index (χ4n) is 3.21. The molecule has 0 spiro atoms. The average Bonchev–Trinajstić information content (AvgIpc) is 2.43. The van der Waals surface area contributed by atoms with Gasteiger partial charge in [-0.25, -0.2) is 0 Å². The molecule has 0 bridgehead atoms. The van der Waals surface area contributed by atoms with Crippen molar-refractivity contribution in [3.8, 4) is 0 Å². The summed E-state index contributed by atoms with van der Waals surface area (Å²) in [6, 6.07) is 8.93. The molecule has 0 amide bonds. The largest absolute Gasteiger partial charge is 0.369 e. The average molecular weight is 354 g/mol. The van der Waals surface area contributed by atoms with Gasteiger partial charge in [-0.05, 0) is 36.5 Å². The Balaban J connectivity index is 2.01. The van der Waals surface area contributed by atoms with Gasteiger partial charge in [-0.3, -0.25) is 0 Å². The third-order valence-electron chi connectivity index (χ3n) is 4.32. The summed E-state index contributed by atoms with van der Waals surface area (Å²) in [5, 5.41) is 3.59. The first-order valence-corrected chi connectivity index (χ1v) is 8.90. The fraction of sp³-hybridized carbons (Fsp3) is 0.667. The maximum absolute atomic E-state index is 6.45. The highest BCUT2D eigenvalue weighted by atomic mass is 79.9. The van der Waals surface area contributed by atoms with Gasteiger partial charge in [0.15, 0.2) is 0 Å². The first kappa shape index (κ1) is 17.0. The molecule has 118 valence electrons. The first-order valence-electron chi connectivity index (χ1n) is 8.11. The fourth-order valence-corrected chi connectivity index (χ4v) is 3.65. The van der Waals surface area contributed by atoms with Gasteiger partial charge in [0.1, 0.15) is 0 Å². The van der Waals surface area contributed by atoms with Crippen LogP contribution in [-0.2, 0) is 11.3 Å². The molecule has 21 heavy (non-hydrogen) atoms. The van der Waals surface area contributed by atoms with Crippen molar-refractivity contribution in [1.82, 2.24) is 5.32 Å². The van der Waals surface area contributed by atoms with Crippen LogP contribution in [0.5, 0.6) is 0 Å². The molecule has 0 heterocycles. The summed E-state index contributed by atoms with van der Waals surface area (Å²) in [4.78, 5) is 0. The summed E-state index contributed by atoms with van der Waals surface area (Å²) in [6.45, 7) is 8.42. The van der Waals surface area contributed by atoms with Crippen molar-refractivity contribution >= 4 is 15.9 Å². The van der Waals surface area contributed by atoms with Gasteiger partial charge < -0.3 is 10.1 Å². The van der Waals surface area contributed by atoms with Crippen molar-refractivity contribution < 1.29 is 4.74 Å². The zero-order chi connectivity index (χ0) is 15.3. The molecule has 2 unspecified atom stereocenters. The van der Waals surface area contributed by atoms with Crippen molar-refractivity contribution in [2.75, 3.05) is 6.54 Å². The maximum atomic E-state index is 6.45. The van der Waals surface area contributed by atoms with Crippen molar-refractivity contribution in [3.63, 3.8) is 0 Å². The van der Waals surface area contributed by atoms with E-state index in [9.17, 15) is 0 Å². The normalized spacial score (nSPS) is 26.2. The van der Waals surface area contributed by atoms with Crippen LogP contribution >= 0.6 is 15.9 Å². The lowest BCUT2D eigenvalue weighted by Crippen LogP contribution is -2.47. The van der Waals surface area contributed by atoms with Crippen molar-refractivity contribution in [1.29, 1.82) is 0 Å². The Bertz CT molecular complexity index is 449. The topological polar surface area (TPSA) is 21.3 Å². The molecular weight excluding hydrogens is 326 g/mol. The molecular formula is C18H28BrNO. The molecule has 1 aromatic carbocycles. The Morgan fingerprint density at radius 1 is 1.43 bits per heavy atom. The smallest absolute Gasteiger partial charge is 0.0813 e. The summed E-state index contributed by atoms with van der Waals surface area (Å²) in [7, 11) is 0. The van der Waals surface area contributed by atoms with Gasteiger partial charge in [0.05, 0.1) is 12.2 Å². The Hall–Kier alpha value is -0.380. The van der Waals surface area contributed by atoms with E-state index in [0.29, 0.717) is 12.6 Å². The van der Waals surface area contributed by atoms with Gasteiger partial charge in [-0.15, -0.1) is 0 Å². The van der Waals surface area contributed by atoms with Crippen molar-refractivity contribution in [3.05, 3.63) is 34.3 Å². The summed E-state index contributed by atoms with van der Waals surface area (Å²) < 4.78 is 7.57. The molecule has 2 atom stereocenters. The zero-order valence-corrected chi connectivity index (χ0v) is 15.1. The highest BCUT2D eigenvalue weighted by Crippen LogP contribution is 2.35. The molecule has 1 fully saturated rings. The van der Waals surface area contributed by atoms with Gasteiger partial charge in [0, 0.05) is 17.1 Å². The van der Waals surface area contributed by atoms with E-state index in [-0.39, 0.29) is 5.60 Å². The third kappa shape index (κ3) is 5.39. The predicted octanol–water partition coefficient (Wildman–Crippen LogP) is 4.91. The van der Waals surface area contributed by atoms with Gasteiger partial charge in [-0.1, -0.05) is 61.7 Å². The molecule has 0 saturated heterocycles. The summed E-state index contributed by atoms with van der Waals surface area (Å²) in [5.74, 6) is 0.759. The second-order valence-corrected chi connectivity index (χ2v) is 7.75.